The van der Waals surface area contributed by atoms with Crippen molar-refractivity contribution in [2.45, 2.75) is 83.5 Å². The number of aromatic nitrogens is 5. The Kier molecular flexibility index (Phi) is 13.5. The number of hydrogen-bond donors (Lipinski definition) is 1. The van der Waals surface area contributed by atoms with Crippen LogP contribution < -0.4 is 15.1 Å². The van der Waals surface area contributed by atoms with Crippen LogP contribution in [0.5, 0.6) is 0 Å². The summed E-state index contributed by atoms with van der Waals surface area (Å²) in [7, 11) is 0. The molecule has 1 unspecified atom stereocenters. The standard InChI is InChI=1S/2C23H20N4O2.C18H18N2O2/c2*1-15-12-19(26-14-25-15)27-11-10-18-22(2,3)20(28)17(24-4)13-23(18,21(27)29)16-8-6-5-7-9-16;1-17(2)14-8-9-19-16(21)18(14,13-6-4-3-5-7-13)10-12-11-20-22-15(12)17/h2*5-10,12-14H,11H2,1-3H3;3-8,11H,9-10H2,1-2H3,(H,19,21)/t2*23-;/m10./s1. The Bertz CT molecular complexity index is 3620. The van der Waals surface area contributed by atoms with Crippen molar-refractivity contribution in [3.05, 3.63) is 243 Å². The molecule has 16 heteroatoms. The number of allylic oxidation sites excluding steroid dienone is 2. The van der Waals surface area contributed by atoms with Gasteiger partial charge < -0.3 is 19.4 Å². The molecule has 6 aromatic rings. The van der Waals surface area contributed by atoms with Crippen molar-refractivity contribution in [2.75, 3.05) is 29.4 Å². The number of benzene rings is 3. The van der Waals surface area contributed by atoms with Crippen LogP contribution in [0.3, 0.4) is 0 Å². The zero-order valence-corrected chi connectivity index (χ0v) is 45.7. The Morgan fingerprint density at radius 1 is 0.562 bits per heavy atom. The first-order valence-corrected chi connectivity index (χ1v) is 26.2. The van der Waals surface area contributed by atoms with E-state index in [1.54, 1.807) is 55.8 Å². The minimum Gasteiger partial charge on any atom is -0.360 e. The third-order valence-corrected chi connectivity index (χ3v) is 16.5. The van der Waals surface area contributed by atoms with Gasteiger partial charge in [-0.15, -0.1) is 0 Å². The molecule has 400 valence electrons. The molecule has 0 saturated heterocycles. The van der Waals surface area contributed by atoms with Crippen molar-refractivity contribution in [3.63, 3.8) is 0 Å². The molecule has 3 atom stereocenters. The Morgan fingerprint density at radius 3 is 1.43 bits per heavy atom. The molecular formula is C64H58N10O6. The average Bonchev–Trinajstić information content (AvgIpc) is 4.08. The molecule has 0 fully saturated rings. The molecule has 3 aromatic heterocycles. The molecule has 16 nitrogen and oxygen atoms in total. The number of fused-ring (bicyclic) bond motifs is 4. The summed E-state index contributed by atoms with van der Waals surface area (Å²) in [4.78, 5) is 93.8. The number of nitrogens with zero attached hydrogens (tertiary/aromatic N) is 9. The SMILES string of the molecule is CC1(C)C2=CCNC(=O)C2(c2ccccc2)Cc2cnoc21.[C-]#[N+]C1=C[C@@]2(c3ccccc3)C(=O)N(c3cc(C)ncn3)CC=C2C(C)(C)C1=O.[C-]#[N+]C1=C[C@]2(c3ccccc3)C(=O)N(c3cc(C)ncn3)CC=C2C(C)(C)C1=O. The van der Waals surface area contributed by atoms with E-state index in [4.69, 9.17) is 17.7 Å². The maximum Gasteiger partial charge on any atom is 0.245 e. The smallest absolute Gasteiger partial charge is 0.245 e. The predicted octanol–water partition coefficient (Wildman–Crippen LogP) is 9.32. The Balaban J connectivity index is 0.000000136. The van der Waals surface area contributed by atoms with Gasteiger partial charge in [0.15, 0.2) is 11.6 Å². The van der Waals surface area contributed by atoms with E-state index >= 15 is 0 Å². The number of rotatable bonds is 5. The summed E-state index contributed by atoms with van der Waals surface area (Å²) in [5.74, 6) is 0.980. The topological polar surface area (TPSA) is 190 Å². The van der Waals surface area contributed by atoms with Crippen LogP contribution in [0.15, 0.2) is 185 Å². The van der Waals surface area contributed by atoms with Crippen LogP contribution in [-0.4, -0.2) is 74.0 Å². The lowest BCUT2D eigenvalue weighted by molar-refractivity contribution is -0.127. The third kappa shape index (κ3) is 8.32. The number of hydrogen-bond acceptors (Lipinski definition) is 11. The van der Waals surface area contributed by atoms with Crippen LogP contribution in [0.4, 0.5) is 11.6 Å². The fourth-order valence-electron chi connectivity index (χ4n) is 12.7. The number of Topliss-reactive ketones (excluding diaryl/α,β-unsaturated/α-hetero) is 2. The molecule has 80 heavy (non-hydrogen) atoms. The second-order valence-corrected chi connectivity index (χ2v) is 22.2. The second kappa shape index (κ2) is 20.0. The summed E-state index contributed by atoms with van der Waals surface area (Å²) < 4.78 is 5.51. The average molecular weight is 1060 g/mol. The summed E-state index contributed by atoms with van der Waals surface area (Å²) in [5, 5.41) is 6.99. The van der Waals surface area contributed by atoms with Gasteiger partial charge in [0.1, 0.15) is 46.3 Å². The number of amides is 3. The molecule has 3 aromatic carbocycles. The first-order chi connectivity index (χ1) is 38.2. The molecule has 12 rings (SSSR count). The number of carbonyl (C=O) groups excluding carboxylic acids is 5. The van der Waals surface area contributed by atoms with Crippen molar-refractivity contribution in [2.24, 2.45) is 10.8 Å². The minimum atomic E-state index is -1.23. The van der Waals surface area contributed by atoms with E-state index in [1.807, 2.05) is 117 Å². The monoisotopic (exact) mass is 1060 g/mol. The predicted molar refractivity (Wildman–Crippen MR) is 300 cm³/mol. The highest BCUT2D eigenvalue weighted by atomic mass is 16.5. The molecule has 3 aliphatic carbocycles. The van der Waals surface area contributed by atoms with E-state index in [0.29, 0.717) is 48.8 Å². The van der Waals surface area contributed by atoms with Crippen LogP contribution in [0, 0.1) is 37.8 Å². The summed E-state index contributed by atoms with van der Waals surface area (Å²) >= 11 is 0. The first kappa shape index (κ1) is 53.8. The maximum atomic E-state index is 14.0. The lowest BCUT2D eigenvalue weighted by Gasteiger charge is -2.48. The van der Waals surface area contributed by atoms with Crippen LogP contribution in [0.2, 0.25) is 0 Å². The van der Waals surface area contributed by atoms with Gasteiger partial charge in [0, 0.05) is 65.0 Å². The van der Waals surface area contributed by atoms with Gasteiger partial charge in [-0.3, -0.25) is 24.2 Å². The van der Waals surface area contributed by atoms with Gasteiger partial charge in [0.25, 0.3) is 0 Å². The molecule has 0 saturated carbocycles. The van der Waals surface area contributed by atoms with E-state index in [9.17, 15) is 24.0 Å². The summed E-state index contributed by atoms with van der Waals surface area (Å²) in [6.07, 6.45) is 14.3. The van der Waals surface area contributed by atoms with E-state index in [0.717, 1.165) is 45.0 Å². The van der Waals surface area contributed by atoms with E-state index < -0.39 is 27.1 Å². The van der Waals surface area contributed by atoms with Crippen LogP contribution in [-0.2, 0) is 52.1 Å². The van der Waals surface area contributed by atoms with Gasteiger partial charge in [0.2, 0.25) is 29.1 Å². The molecule has 3 amide bonds. The molecule has 0 radical (unpaired) electrons. The summed E-state index contributed by atoms with van der Waals surface area (Å²) in [5.41, 5.74) is 2.12. The highest BCUT2D eigenvalue weighted by molar-refractivity contribution is 6.15. The van der Waals surface area contributed by atoms with Gasteiger partial charge >= 0.3 is 0 Å². The van der Waals surface area contributed by atoms with Crippen LogP contribution >= 0.6 is 0 Å². The highest BCUT2D eigenvalue weighted by Gasteiger charge is 2.59. The molecule has 1 N–H and O–H groups in total. The molecule has 0 spiro atoms. The molecule has 3 aliphatic heterocycles. The van der Waals surface area contributed by atoms with Crippen molar-refractivity contribution < 1.29 is 28.5 Å². The molecular weight excluding hydrogens is 1000 g/mol. The van der Waals surface area contributed by atoms with Gasteiger partial charge in [-0.2, -0.15) is 0 Å². The van der Waals surface area contributed by atoms with Crippen molar-refractivity contribution in [1.29, 1.82) is 0 Å². The van der Waals surface area contributed by atoms with Crippen molar-refractivity contribution in [3.8, 4) is 0 Å². The van der Waals surface area contributed by atoms with E-state index in [2.05, 4.69) is 60.0 Å². The lowest BCUT2D eigenvalue weighted by atomic mass is 9.56. The van der Waals surface area contributed by atoms with Crippen LogP contribution in [0.1, 0.15) is 80.9 Å². The molecule has 0 bridgehead atoms. The van der Waals surface area contributed by atoms with E-state index in [1.165, 1.54) is 24.8 Å². The zero-order valence-electron chi connectivity index (χ0n) is 45.7. The lowest BCUT2D eigenvalue weighted by Crippen LogP contribution is -2.57. The Morgan fingerprint density at radius 2 is 1.00 bits per heavy atom. The van der Waals surface area contributed by atoms with Gasteiger partial charge in [-0.1, -0.05) is 154 Å². The summed E-state index contributed by atoms with van der Waals surface area (Å²) in [6.45, 7) is 31.3. The summed E-state index contributed by atoms with van der Waals surface area (Å²) in [6, 6.07) is 32.2. The normalized spacial score (nSPS) is 23.8. The Hall–Kier alpha value is -9.54. The minimum absolute atomic E-state index is 0.00919. The van der Waals surface area contributed by atoms with Gasteiger partial charge in [-0.25, -0.2) is 29.6 Å². The fourth-order valence-corrected chi connectivity index (χ4v) is 12.7. The number of nitrogens with one attached hydrogen (secondary N) is 1. The van der Waals surface area contributed by atoms with E-state index in [-0.39, 0.29) is 46.1 Å². The quantitative estimate of drug-likeness (QED) is 0.128. The second-order valence-electron chi connectivity index (χ2n) is 22.2. The third-order valence-electron chi connectivity index (χ3n) is 16.5. The van der Waals surface area contributed by atoms with Gasteiger partial charge in [0.05, 0.1) is 19.3 Å². The Labute approximate surface area is 464 Å². The largest absolute Gasteiger partial charge is 0.360 e. The van der Waals surface area contributed by atoms with Crippen molar-refractivity contribution in [1.82, 2.24) is 30.4 Å². The fraction of sp³-hybridized carbons (Fsp3) is 0.281. The first-order valence-electron chi connectivity index (χ1n) is 26.2. The highest BCUT2D eigenvalue weighted by Crippen LogP contribution is 2.55. The maximum absolute atomic E-state index is 14.0. The number of aryl methyl sites for hydroxylation is 2. The number of anilines is 2. The zero-order chi connectivity index (χ0) is 57.0. The number of carbonyl (C=O) groups is 5. The number of ketones is 2. The molecule has 6 aliphatic rings. The van der Waals surface area contributed by atoms with Gasteiger partial charge in [-0.05, 0) is 67.5 Å². The molecule has 6 heterocycles. The van der Waals surface area contributed by atoms with Crippen molar-refractivity contribution >= 4 is 40.9 Å². The van der Waals surface area contributed by atoms with Crippen LogP contribution in [0.25, 0.3) is 9.69 Å².